The molecule has 1 aromatic carbocycles. The summed E-state index contributed by atoms with van der Waals surface area (Å²) in [7, 11) is 0. The van der Waals surface area contributed by atoms with Crippen LogP contribution in [0.3, 0.4) is 0 Å². The number of halogens is 2. The molecular weight excluding hydrogens is 411 g/mol. The van der Waals surface area contributed by atoms with Gasteiger partial charge in [-0.05, 0) is 43.6 Å². The monoisotopic (exact) mass is 438 g/mol. The summed E-state index contributed by atoms with van der Waals surface area (Å²) < 4.78 is 45.8. The number of pyridine rings is 1. The van der Waals surface area contributed by atoms with Gasteiger partial charge in [-0.3, -0.25) is 4.79 Å². The molecule has 0 fully saturated rings. The van der Waals surface area contributed by atoms with Crippen LogP contribution in [0.2, 0.25) is 10.0 Å². The number of aromatic amines is 1. The molecule has 0 aliphatic carbocycles. The number of hydrogen-bond donors (Lipinski definition) is 4. The molecule has 0 saturated heterocycles. The maximum absolute atomic E-state index is 12.8. The third-order valence-corrected chi connectivity index (χ3v) is 4.63. The minimum absolute atomic E-state index is 0.0754. The lowest BCUT2D eigenvalue weighted by Gasteiger charge is -2.16. The number of rotatable bonds is 7. The first-order valence-electron chi connectivity index (χ1n) is 11.7. The largest absolute Gasteiger partial charge is 0.394 e. The molecular formula is C21H22Cl2N4O2. The van der Waals surface area contributed by atoms with Crippen molar-refractivity contribution in [3.63, 3.8) is 0 Å². The molecule has 2 atom stereocenters. The Morgan fingerprint density at radius 2 is 2.24 bits per heavy atom. The van der Waals surface area contributed by atoms with Crippen LogP contribution in [-0.4, -0.2) is 33.6 Å². The highest BCUT2D eigenvalue weighted by molar-refractivity contribution is 6.33. The van der Waals surface area contributed by atoms with Gasteiger partial charge in [0.05, 0.1) is 19.0 Å². The van der Waals surface area contributed by atoms with Crippen LogP contribution < -0.4 is 10.6 Å². The molecule has 152 valence electrons. The Labute approximate surface area is 187 Å². The van der Waals surface area contributed by atoms with E-state index in [9.17, 15) is 9.90 Å². The van der Waals surface area contributed by atoms with Crippen molar-refractivity contribution in [2.45, 2.75) is 25.8 Å². The Hall–Kier alpha value is -2.54. The van der Waals surface area contributed by atoms with Crippen LogP contribution in [0.5, 0.6) is 0 Å². The van der Waals surface area contributed by atoms with Gasteiger partial charge in [-0.1, -0.05) is 35.3 Å². The standard InChI is InChI=1S/C21H22Cl2N4O2/c1-12(2)26-20-8-16(17(23)10-25-20)14-7-18(24-9-14)21(29)27-19(11-28)13-4-3-5-15(22)6-13/h3-10,12,19,24,28H,11H2,1-2H3,(H,25,26)(H,27,29)/t19-/m0/s1/i1D2,2D3,12D/t12?,19-. The number of aromatic nitrogens is 2. The zero-order chi connectivity index (χ0) is 26.0. The molecule has 3 aromatic rings. The fraction of sp³-hybridized carbons (Fsp3) is 0.238. The number of anilines is 1. The molecule has 1 amide bonds. The van der Waals surface area contributed by atoms with Gasteiger partial charge in [0, 0.05) is 41.4 Å². The lowest BCUT2D eigenvalue weighted by molar-refractivity contribution is 0.0912. The maximum Gasteiger partial charge on any atom is 0.268 e. The molecule has 2 heterocycles. The van der Waals surface area contributed by atoms with Crippen LogP contribution in [0.25, 0.3) is 11.1 Å². The second kappa shape index (κ2) is 9.31. The van der Waals surface area contributed by atoms with Gasteiger partial charge in [-0.2, -0.15) is 0 Å². The second-order valence-corrected chi connectivity index (χ2v) is 7.00. The Kier molecular flexibility index (Phi) is 4.63. The highest BCUT2D eigenvalue weighted by atomic mass is 35.5. The number of carbonyl (C=O) groups excluding carboxylic acids is 1. The van der Waals surface area contributed by atoms with Crippen molar-refractivity contribution in [1.82, 2.24) is 15.3 Å². The van der Waals surface area contributed by atoms with E-state index in [1.807, 2.05) is 0 Å². The second-order valence-electron chi connectivity index (χ2n) is 6.15. The van der Waals surface area contributed by atoms with Gasteiger partial charge in [0.15, 0.2) is 0 Å². The van der Waals surface area contributed by atoms with E-state index in [0.717, 1.165) is 0 Å². The van der Waals surface area contributed by atoms with Crippen molar-refractivity contribution in [1.29, 1.82) is 0 Å². The highest BCUT2D eigenvalue weighted by Crippen LogP contribution is 2.30. The van der Waals surface area contributed by atoms with Gasteiger partial charge in [0.1, 0.15) is 11.5 Å². The summed E-state index contributed by atoms with van der Waals surface area (Å²) in [6, 6.07) is 6.29. The normalized spacial score (nSPS) is 17.7. The maximum atomic E-state index is 12.8. The number of aliphatic hydroxyl groups is 1. The molecule has 0 bridgehead atoms. The minimum atomic E-state index is -2.98. The first-order chi connectivity index (χ1) is 16.4. The summed E-state index contributed by atoms with van der Waals surface area (Å²) >= 11 is 12.3. The zero-order valence-corrected chi connectivity index (χ0v) is 16.6. The van der Waals surface area contributed by atoms with Gasteiger partial charge < -0.3 is 20.7 Å². The summed E-state index contributed by atoms with van der Waals surface area (Å²) in [6.07, 6.45) is 2.73. The first kappa shape index (κ1) is 14.4. The van der Waals surface area contributed by atoms with Gasteiger partial charge in [0.25, 0.3) is 5.91 Å². The Morgan fingerprint density at radius 1 is 1.38 bits per heavy atom. The SMILES string of the molecule is [2H]C([2H])C([2H])(Nc1cc(-c2c[nH]c(C(=O)N[C@@H](CO)c3cccc(Cl)c3)c2)c(Cl)cn1)C([2H])([2H])[2H]. The van der Waals surface area contributed by atoms with Crippen LogP contribution in [0.1, 0.15) is 44.0 Å². The summed E-state index contributed by atoms with van der Waals surface area (Å²) in [5.74, 6) is -0.578. The first-order valence-corrected chi connectivity index (χ1v) is 9.25. The predicted octanol–water partition coefficient (Wildman–Crippen LogP) is 4.67. The number of nitrogens with one attached hydrogen (secondary N) is 3. The molecule has 0 aliphatic heterocycles. The van der Waals surface area contributed by atoms with Gasteiger partial charge in [-0.15, -0.1) is 0 Å². The van der Waals surface area contributed by atoms with Crippen LogP contribution >= 0.6 is 23.2 Å². The lowest BCUT2D eigenvalue weighted by Crippen LogP contribution is -2.31. The van der Waals surface area contributed by atoms with E-state index >= 15 is 0 Å². The van der Waals surface area contributed by atoms with Gasteiger partial charge >= 0.3 is 0 Å². The fourth-order valence-electron chi connectivity index (χ4n) is 2.74. The number of benzene rings is 1. The third kappa shape index (κ3) is 5.29. The summed E-state index contributed by atoms with van der Waals surface area (Å²) in [6.45, 7) is -5.37. The van der Waals surface area contributed by atoms with Crippen LogP contribution in [0, 0.1) is 0 Å². The average Bonchev–Trinajstić information content (AvgIpc) is 3.28. The molecule has 2 aromatic heterocycles. The summed E-state index contributed by atoms with van der Waals surface area (Å²) in [4.78, 5) is 19.6. The Morgan fingerprint density at radius 3 is 2.97 bits per heavy atom. The fourth-order valence-corrected chi connectivity index (χ4v) is 3.15. The molecule has 29 heavy (non-hydrogen) atoms. The molecule has 1 unspecified atom stereocenters. The van der Waals surface area contributed by atoms with E-state index in [4.69, 9.17) is 31.4 Å². The van der Waals surface area contributed by atoms with Crippen molar-refractivity contribution in [2.24, 2.45) is 0 Å². The average molecular weight is 439 g/mol. The molecule has 3 rings (SSSR count). The molecule has 8 heteroatoms. The minimum Gasteiger partial charge on any atom is -0.394 e. The molecule has 4 N–H and O–H groups in total. The number of hydrogen-bond acceptors (Lipinski definition) is 4. The smallest absolute Gasteiger partial charge is 0.268 e. The number of aliphatic hydroxyl groups excluding tert-OH is 1. The van der Waals surface area contributed by atoms with Crippen molar-refractivity contribution < 1.29 is 18.1 Å². The molecule has 0 spiro atoms. The van der Waals surface area contributed by atoms with E-state index in [1.54, 1.807) is 24.3 Å². The lowest BCUT2D eigenvalue weighted by atomic mass is 10.1. The number of nitrogens with zero attached hydrogens (tertiary/aromatic N) is 1. The number of carbonyl (C=O) groups is 1. The predicted molar refractivity (Wildman–Crippen MR) is 117 cm³/mol. The van der Waals surface area contributed by atoms with Crippen molar-refractivity contribution >= 4 is 34.9 Å². The van der Waals surface area contributed by atoms with E-state index in [2.05, 4.69) is 20.6 Å². The quantitative estimate of drug-likeness (QED) is 0.431. The van der Waals surface area contributed by atoms with Crippen molar-refractivity contribution in [3.8, 4) is 11.1 Å². The Bertz CT molecular complexity index is 1210. The molecule has 0 saturated carbocycles. The van der Waals surface area contributed by atoms with E-state index in [1.165, 1.54) is 24.5 Å². The van der Waals surface area contributed by atoms with E-state index in [0.29, 0.717) is 21.7 Å². The summed E-state index contributed by atoms with van der Waals surface area (Å²) in [5, 5.41) is 15.4. The topological polar surface area (TPSA) is 90.0 Å². The number of H-pyrrole nitrogens is 1. The molecule has 6 nitrogen and oxygen atoms in total. The number of amides is 1. The van der Waals surface area contributed by atoms with Crippen molar-refractivity contribution in [3.05, 3.63) is 70.1 Å². The summed E-state index contributed by atoms with van der Waals surface area (Å²) in [5.41, 5.74) is 1.62. The van der Waals surface area contributed by atoms with Gasteiger partial charge in [-0.25, -0.2) is 4.98 Å². The van der Waals surface area contributed by atoms with Crippen LogP contribution in [-0.2, 0) is 0 Å². The van der Waals surface area contributed by atoms with E-state index in [-0.39, 0.29) is 23.1 Å². The Balaban J connectivity index is 1.84. The highest BCUT2D eigenvalue weighted by Gasteiger charge is 2.18. The molecule has 0 aliphatic rings. The molecule has 0 radical (unpaired) electrons. The third-order valence-electron chi connectivity index (χ3n) is 4.10. The van der Waals surface area contributed by atoms with Crippen LogP contribution in [0.15, 0.2) is 48.8 Å². The van der Waals surface area contributed by atoms with Crippen molar-refractivity contribution in [2.75, 3.05) is 11.9 Å². The van der Waals surface area contributed by atoms with E-state index < -0.39 is 31.7 Å². The van der Waals surface area contributed by atoms with Gasteiger partial charge in [0.2, 0.25) is 0 Å². The zero-order valence-electron chi connectivity index (χ0n) is 21.0. The van der Waals surface area contributed by atoms with Crippen LogP contribution in [0.4, 0.5) is 5.82 Å².